The number of rotatable bonds is 4. The zero-order valence-electron chi connectivity index (χ0n) is 20.0. The Labute approximate surface area is 201 Å². The Kier molecular flexibility index (Phi) is 6.26. The van der Waals surface area contributed by atoms with Gasteiger partial charge in [0.05, 0.1) is 11.9 Å². The van der Waals surface area contributed by atoms with Crippen LogP contribution >= 0.6 is 0 Å². The molecule has 5 rings (SSSR count). The van der Waals surface area contributed by atoms with Gasteiger partial charge >= 0.3 is 0 Å². The fourth-order valence-electron chi connectivity index (χ4n) is 5.58. The number of para-hydroxylation sites is 1. The van der Waals surface area contributed by atoms with Crippen molar-refractivity contribution in [1.29, 1.82) is 0 Å². The maximum atomic E-state index is 13.6. The summed E-state index contributed by atoms with van der Waals surface area (Å²) in [6.07, 6.45) is 8.15. The molecule has 2 aromatic heterocycles. The summed E-state index contributed by atoms with van der Waals surface area (Å²) in [7, 11) is 0. The number of carbonyl (C=O) groups excluding carboxylic acids is 2. The molecule has 3 aromatic rings. The van der Waals surface area contributed by atoms with Crippen molar-refractivity contribution in [2.24, 2.45) is 17.8 Å². The molecule has 2 aliphatic rings. The van der Waals surface area contributed by atoms with Crippen molar-refractivity contribution in [3.63, 3.8) is 0 Å². The highest BCUT2D eigenvalue weighted by molar-refractivity contribution is 5.97. The molecule has 0 bridgehead atoms. The molecule has 4 heterocycles. The number of aromatic nitrogens is 3. The maximum Gasteiger partial charge on any atom is 0.259 e. The number of likely N-dealkylation sites (tertiary alicyclic amines) is 2. The van der Waals surface area contributed by atoms with Crippen LogP contribution in [0.25, 0.3) is 11.5 Å². The molecule has 7 heteroatoms. The van der Waals surface area contributed by atoms with Gasteiger partial charge in [-0.05, 0) is 55.4 Å². The van der Waals surface area contributed by atoms with Gasteiger partial charge in [0.2, 0.25) is 5.91 Å². The van der Waals surface area contributed by atoms with E-state index in [4.69, 9.17) is 0 Å². The largest absolute Gasteiger partial charge is 0.342 e. The zero-order chi connectivity index (χ0) is 23.7. The van der Waals surface area contributed by atoms with Gasteiger partial charge in [0.1, 0.15) is 5.56 Å². The Morgan fingerprint density at radius 3 is 2.18 bits per heavy atom. The van der Waals surface area contributed by atoms with Crippen molar-refractivity contribution in [1.82, 2.24) is 24.1 Å². The molecule has 2 aliphatic heterocycles. The molecule has 0 aliphatic carbocycles. The average molecular weight is 460 g/mol. The first-order valence-corrected chi connectivity index (χ1v) is 12.4. The minimum Gasteiger partial charge on any atom is -0.342 e. The van der Waals surface area contributed by atoms with Crippen LogP contribution in [-0.4, -0.2) is 62.1 Å². The lowest BCUT2D eigenvalue weighted by Crippen LogP contribution is -2.48. The SMILES string of the molecule is C[C@@H]1C[C@H](C)CN(C(=O)C2CCN(C(=O)c3cnn(-c4ccccc4)c3-n3cccc3)CC2)C1. The van der Waals surface area contributed by atoms with E-state index in [-0.39, 0.29) is 17.7 Å². The Bertz CT molecular complexity index is 1120. The summed E-state index contributed by atoms with van der Waals surface area (Å²) in [5, 5.41) is 4.56. The predicted molar refractivity (Wildman–Crippen MR) is 131 cm³/mol. The lowest BCUT2D eigenvalue weighted by atomic mass is 9.89. The molecular weight excluding hydrogens is 426 g/mol. The fourth-order valence-corrected chi connectivity index (χ4v) is 5.58. The molecule has 0 unspecified atom stereocenters. The molecule has 0 N–H and O–H groups in total. The molecule has 2 fully saturated rings. The normalized spacial score (nSPS) is 21.6. The lowest BCUT2D eigenvalue weighted by Gasteiger charge is -2.39. The second kappa shape index (κ2) is 9.49. The minimum atomic E-state index is -0.0306. The first-order chi connectivity index (χ1) is 16.5. The first-order valence-electron chi connectivity index (χ1n) is 12.4. The van der Waals surface area contributed by atoms with Crippen molar-refractivity contribution >= 4 is 11.8 Å². The van der Waals surface area contributed by atoms with Crippen LogP contribution < -0.4 is 0 Å². The van der Waals surface area contributed by atoms with Crippen molar-refractivity contribution < 1.29 is 9.59 Å². The molecule has 2 saturated heterocycles. The highest BCUT2D eigenvalue weighted by Crippen LogP contribution is 2.28. The number of carbonyl (C=O) groups is 2. The first kappa shape index (κ1) is 22.4. The second-order valence-electron chi connectivity index (χ2n) is 9.98. The van der Waals surface area contributed by atoms with Crippen LogP contribution in [0.5, 0.6) is 0 Å². The predicted octanol–water partition coefficient (Wildman–Crippen LogP) is 4.02. The Morgan fingerprint density at radius 1 is 0.882 bits per heavy atom. The van der Waals surface area contributed by atoms with E-state index in [1.807, 2.05) is 69.0 Å². The summed E-state index contributed by atoms with van der Waals surface area (Å²) < 4.78 is 3.74. The van der Waals surface area contributed by atoms with Crippen molar-refractivity contribution in [3.8, 4) is 11.5 Å². The summed E-state index contributed by atoms with van der Waals surface area (Å²) in [6.45, 7) is 7.37. The summed E-state index contributed by atoms with van der Waals surface area (Å²) in [4.78, 5) is 30.7. The van der Waals surface area contributed by atoms with Gasteiger partial charge in [-0.3, -0.25) is 9.59 Å². The maximum absolute atomic E-state index is 13.6. The molecule has 178 valence electrons. The van der Waals surface area contributed by atoms with Crippen LogP contribution in [0.15, 0.2) is 61.1 Å². The van der Waals surface area contributed by atoms with E-state index >= 15 is 0 Å². The minimum absolute atomic E-state index is 0.0116. The summed E-state index contributed by atoms with van der Waals surface area (Å²) in [6, 6.07) is 13.7. The molecule has 0 saturated carbocycles. The Morgan fingerprint density at radius 2 is 1.53 bits per heavy atom. The number of amides is 2. The van der Waals surface area contributed by atoms with E-state index in [0.29, 0.717) is 30.5 Å². The third-order valence-electron chi connectivity index (χ3n) is 7.14. The van der Waals surface area contributed by atoms with Gasteiger partial charge in [0, 0.05) is 44.5 Å². The van der Waals surface area contributed by atoms with E-state index in [1.165, 1.54) is 6.42 Å². The molecule has 1 aromatic carbocycles. The van der Waals surface area contributed by atoms with Gasteiger partial charge in [-0.1, -0.05) is 32.0 Å². The van der Waals surface area contributed by atoms with Crippen LogP contribution in [-0.2, 0) is 4.79 Å². The van der Waals surface area contributed by atoms with Gasteiger partial charge in [0.25, 0.3) is 5.91 Å². The van der Waals surface area contributed by atoms with Crippen LogP contribution in [0.4, 0.5) is 0 Å². The smallest absolute Gasteiger partial charge is 0.259 e. The average Bonchev–Trinajstić information content (AvgIpc) is 3.53. The van der Waals surface area contributed by atoms with Gasteiger partial charge in [-0.15, -0.1) is 0 Å². The molecule has 2 amide bonds. The second-order valence-corrected chi connectivity index (χ2v) is 9.98. The van der Waals surface area contributed by atoms with Crippen molar-refractivity contribution in [2.75, 3.05) is 26.2 Å². The highest BCUT2D eigenvalue weighted by Gasteiger charge is 2.34. The van der Waals surface area contributed by atoms with E-state index in [1.54, 1.807) is 6.20 Å². The standard InChI is InChI=1S/C27H33N5O2/c1-20-16-21(2)19-31(18-20)26(33)22-10-14-30(15-11-22)27(34)24-17-28-32(23-8-4-3-5-9-23)25(24)29-12-6-7-13-29/h3-9,12-13,17,20-22H,10-11,14-16,18-19H2,1-2H3/t20-,21+. The molecule has 34 heavy (non-hydrogen) atoms. The van der Waals surface area contributed by atoms with Gasteiger partial charge in [-0.2, -0.15) is 5.10 Å². The van der Waals surface area contributed by atoms with E-state index in [0.717, 1.165) is 37.4 Å². The van der Waals surface area contributed by atoms with Crippen molar-refractivity contribution in [2.45, 2.75) is 33.1 Å². The van der Waals surface area contributed by atoms with Crippen LogP contribution in [0.3, 0.4) is 0 Å². The molecule has 0 radical (unpaired) electrons. The molecule has 0 spiro atoms. The molecular formula is C27H33N5O2. The summed E-state index contributed by atoms with van der Waals surface area (Å²) >= 11 is 0. The van der Waals surface area contributed by atoms with Gasteiger partial charge < -0.3 is 14.4 Å². The number of benzene rings is 1. The van der Waals surface area contributed by atoms with Gasteiger partial charge in [-0.25, -0.2) is 4.68 Å². The third-order valence-corrected chi connectivity index (χ3v) is 7.14. The Balaban J connectivity index is 1.32. The number of nitrogens with zero attached hydrogens (tertiary/aromatic N) is 5. The van der Waals surface area contributed by atoms with Crippen LogP contribution in [0, 0.1) is 17.8 Å². The van der Waals surface area contributed by atoms with Crippen LogP contribution in [0.2, 0.25) is 0 Å². The number of hydrogen-bond acceptors (Lipinski definition) is 3. The zero-order valence-corrected chi connectivity index (χ0v) is 20.0. The highest BCUT2D eigenvalue weighted by atomic mass is 16.2. The third kappa shape index (κ3) is 4.39. The van der Waals surface area contributed by atoms with Gasteiger partial charge in [0.15, 0.2) is 5.82 Å². The number of hydrogen-bond donors (Lipinski definition) is 0. The topological polar surface area (TPSA) is 63.4 Å². The monoisotopic (exact) mass is 459 g/mol. The fraction of sp³-hybridized carbons (Fsp3) is 0.444. The van der Waals surface area contributed by atoms with E-state index < -0.39 is 0 Å². The molecule has 2 atom stereocenters. The summed E-state index contributed by atoms with van der Waals surface area (Å²) in [5.74, 6) is 2.10. The van der Waals surface area contributed by atoms with E-state index in [2.05, 4.69) is 23.8 Å². The van der Waals surface area contributed by atoms with Crippen LogP contribution in [0.1, 0.15) is 43.5 Å². The van der Waals surface area contributed by atoms with E-state index in [9.17, 15) is 9.59 Å². The summed E-state index contributed by atoms with van der Waals surface area (Å²) in [5.41, 5.74) is 1.48. The Hall–Kier alpha value is -3.35. The lowest BCUT2D eigenvalue weighted by molar-refractivity contribution is -0.139. The molecule has 7 nitrogen and oxygen atoms in total. The van der Waals surface area contributed by atoms with Crippen molar-refractivity contribution in [3.05, 3.63) is 66.6 Å². The number of piperidine rings is 2. The quantitative estimate of drug-likeness (QED) is 0.592.